The number of imidazole rings is 1. The van der Waals surface area contributed by atoms with Crippen LogP contribution in [-0.2, 0) is 4.74 Å². The van der Waals surface area contributed by atoms with E-state index in [0.717, 1.165) is 41.6 Å². The average Bonchev–Trinajstić information content (AvgIpc) is 3.62. The number of hydrogen-bond donors (Lipinski definition) is 0. The van der Waals surface area contributed by atoms with Gasteiger partial charge < -0.3 is 9.30 Å². The van der Waals surface area contributed by atoms with Gasteiger partial charge in [0.25, 0.3) is 0 Å². The maximum Gasteiger partial charge on any atom is 0.113 e. The Morgan fingerprint density at radius 3 is 1.91 bits per heavy atom. The standard InChI is InChI=1S/C28H26Cl2N2O/c29-22-8-3-18(4-9-22)27(19-5-10-23(30)11-6-19)21-7-12-25-26(17-21)32(24-13-15-33-16-14-24)28(31-25)20-1-2-20/h3-12,17,20,24,27H,1-2,13-16H2. The van der Waals surface area contributed by atoms with Crippen molar-refractivity contribution in [3.63, 3.8) is 0 Å². The molecule has 168 valence electrons. The third-order valence-electron chi connectivity index (χ3n) is 6.98. The molecule has 4 aromatic rings. The Morgan fingerprint density at radius 1 is 0.758 bits per heavy atom. The maximum atomic E-state index is 6.21. The number of rotatable bonds is 5. The summed E-state index contributed by atoms with van der Waals surface area (Å²) in [5.74, 6) is 1.96. The zero-order valence-electron chi connectivity index (χ0n) is 18.4. The minimum absolute atomic E-state index is 0.0892. The van der Waals surface area contributed by atoms with Crippen LogP contribution in [0.2, 0.25) is 10.0 Å². The van der Waals surface area contributed by atoms with Crippen LogP contribution in [0.25, 0.3) is 11.0 Å². The molecule has 5 heteroatoms. The van der Waals surface area contributed by atoms with Crippen LogP contribution in [0.15, 0.2) is 66.7 Å². The molecule has 2 heterocycles. The molecule has 33 heavy (non-hydrogen) atoms. The first-order valence-corrected chi connectivity index (χ1v) is 12.5. The number of aromatic nitrogens is 2. The summed E-state index contributed by atoms with van der Waals surface area (Å²) in [5, 5.41) is 1.49. The summed E-state index contributed by atoms with van der Waals surface area (Å²) in [6.07, 6.45) is 4.59. The van der Waals surface area contributed by atoms with Gasteiger partial charge in [0, 0.05) is 41.1 Å². The molecule has 0 N–H and O–H groups in total. The lowest BCUT2D eigenvalue weighted by atomic mass is 9.85. The molecule has 0 bridgehead atoms. The Kier molecular flexibility index (Phi) is 5.65. The predicted octanol–water partition coefficient (Wildman–Crippen LogP) is 7.75. The van der Waals surface area contributed by atoms with Gasteiger partial charge in [-0.1, -0.05) is 53.5 Å². The zero-order chi connectivity index (χ0) is 22.4. The van der Waals surface area contributed by atoms with Gasteiger partial charge in [-0.05, 0) is 78.8 Å². The molecule has 1 aliphatic carbocycles. The SMILES string of the molecule is Clc1ccc(C(c2ccc(Cl)cc2)c2ccc3nc(C4CC4)n(C4CCOCC4)c3c2)cc1. The number of hydrogen-bond acceptors (Lipinski definition) is 2. The summed E-state index contributed by atoms with van der Waals surface area (Å²) >= 11 is 12.4. The highest BCUT2D eigenvalue weighted by Crippen LogP contribution is 2.44. The molecule has 0 atom stereocenters. The number of benzene rings is 3. The molecule has 0 amide bonds. The average molecular weight is 477 g/mol. The molecule has 0 unspecified atom stereocenters. The fourth-order valence-corrected chi connectivity index (χ4v) is 5.40. The summed E-state index contributed by atoms with van der Waals surface area (Å²) in [5.41, 5.74) is 6.01. The molecule has 3 aromatic carbocycles. The Hall–Kier alpha value is -2.33. The first-order chi connectivity index (χ1) is 16.2. The fourth-order valence-electron chi connectivity index (χ4n) is 5.15. The van der Waals surface area contributed by atoms with Gasteiger partial charge >= 0.3 is 0 Å². The lowest BCUT2D eigenvalue weighted by molar-refractivity contribution is 0.0698. The van der Waals surface area contributed by atoms with Gasteiger partial charge in [0.05, 0.1) is 11.0 Å². The minimum Gasteiger partial charge on any atom is -0.381 e. The van der Waals surface area contributed by atoms with E-state index in [1.54, 1.807) is 0 Å². The summed E-state index contributed by atoms with van der Waals surface area (Å²) < 4.78 is 8.21. The summed E-state index contributed by atoms with van der Waals surface area (Å²) in [4.78, 5) is 5.11. The van der Waals surface area contributed by atoms with E-state index in [1.165, 1.54) is 40.9 Å². The molecule has 1 saturated heterocycles. The van der Waals surface area contributed by atoms with Crippen molar-refractivity contribution in [2.75, 3.05) is 13.2 Å². The molecule has 1 aliphatic heterocycles. The van der Waals surface area contributed by atoms with Crippen LogP contribution in [0.5, 0.6) is 0 Å². The lowest BCUT2D eigenvalue weighted by Crippen LogP contribution is -2.21. The Morgan fingerprint density at radius 2 is 1.33 bits per heavy atom. The molecule has 0 spiro atoms. The minimum atomic E-state index is 0.0892. The number of fused-ring (bicyclic) bond motifs is 1. The van der Waals surface area contributed by atoms with E-state index in [-0.39, 0.29) is 5.92 Å². The van der Waals surface area contributed by atoms with Crippen LogP contribution in [0, 0.1) is 0 Å². The van der Waals surface area contributed by atoms with Crippen molar-refractivity contribution in [2.45, 2.75) is 43.6 Å². The van der Waals surface area contributed by atoms with Gasteiger partial charge in [-0.2, -0.15) is 0 Å². The van der Waals surface area contributed by atoms with E-state index >= 15 is 0 Å². The highest BCUT2D eigenvalue weighted by Gasteiger charge is 2.32. The van der Waals surface area contributed by atoms with Crippen LogP contribution < -0.4 is 0 Å². The van der Waals surface area contributed by atoms with Crippen molar-refractivity contribution in [2.24, 2.45) is 0 Å². The number of ether oxygens (including phenoxy) is 1. The van der Waals surface area contributed by atoms with Crippen LogP contribution in [0.1, 0.15) is 66.1 Å². The van der Waals surface area contributed by atoms with Crippen LogP contribution >= 0.6 is 23.2 Å². The molecule has 0 radical (unpaired) electrons. The Bertz CT molecular complexity index is 1220. The van der Waals surface area contributed by atoms with Gasteiger partial charge in [-0.3, -0.25) is 0 Å². The van der Waals surface area contributed by atoms with Gasteiger partial charge in [-0.15, -0.1) is 0 Å². The predicted molar refractivity (Wildman–Crippen MR) is 135 cm³/mol. The van der Waals surface area contributed by atoms with Crippen molar-refractivity contribution in [1.82, 2.24) is 9.55 Å². The van der Waals surface area contributed by atoms with Crippen LogP contribution in [0.4, 0.5) is 0 Å². The van der Waals surface area contributed by atoms with Gasteiger partial charge in [-0.25, -0.2) is 4.98 Å². The van der Waals surface area contributed by atoms with Crippen molar-refractivity contribution in [1.29, 1.82) is 0 Å². The van der Waals surface area contributed by atoms with E-state index in [2.05, 4.69) is 47.0 Å². The Balaban J connectivity index is 1.51. The van der Waals surface area contributed by atoms with E-state index in [9.17, 15) is 0 Å². The summed E-state index contributed by atoms with van der Waals surface area (Å²) in [7, 11) is 0. The lowest BCUT2D eigenvalue weighted by Gasteiger charge is -2.26. The first-order valence-electron chi connectivity index (χ1n) is 11.8. The van der Waals surface area contributed by atoms with Crippen molar-refractivity contribution < 1.29 is 4.74 Å². The van der Waals surface area contributed by atoms with Crippen molar-refractivity contribution in [3.05, 3.63) is 99.3 Å². The number of halogens is 2. The largest absolute Gasteiger partial charge is 0.381 e. The van der Waals surface area contributed by atoms with Crippen LogP contribution in [0.3, 0.4) is 0 Å². The molecule has 2 fully saturated rings. The fraction of sp³-hybridized carbons (Fsp3) is 0.321. The van der Waals surface area contributed by atoms with Crippen molar-refractivity contribution in [3.8, 4) is 0 Å². The molecule has 1 aromatic heterocycles. The maximum absolute atomic E-state index is 6.21. The third kappa shape index (κ3) is 4.19. The third-order valence-corrected chi connectivity index (χ3v) is 7.48. The summed E-state index contributed by atoms with van der Waals surface area (Å²) in [6, 6.07) is 23.6. The van der Waals surface area contributed by atoms with E-state index in [1.807, 2.05) is 24.3 Å². The van der Waals surface area contributed by atoms with Gasteiger partial charge in [0.15, 0.2) is 0 Å². The Labute approximate surface area is 204 Å². The first kappa shape index (κ1) is 21.2. The molecule has 1 saturated carbocycles. The second-order valence-corrected chi connectivity index (χ2v) is 10.1. The smallest absolute Gasteiger partial charge is 0.113 e. The molecule has 2 aliphatic rings. The van der Waals surface area contributed by atoms with Gasteiger partial charge in [0.2, 0.25) is 0 Å². The quantitative estimate of drug-likeness (QED) is 0.275. The molecule has 6 rings (SSSR count). The van der Waals surface area contributed by atoms with Gasteiger partial charge in [0.1, 0.15) is 5.82 Å². The highest BCUT2D eigenvalue weighted by molar-refractivity contribution is 6.30. The second-order valence-electron chi connectivity index (χ2n) is 9.24. The molecular formula is C28H26Cl2N2O. The monoisotopic (exact) mass is 476 g/mol. The highest BCUT2D eigenvalue weighted by atomic mass is 35.5. The summed E-state index contributed by atoms with van der Waals surface area (Å²) in [6.45, 7) is 1.65. The van der Waals surface area contributed by atoms with E-state index in [4.69, 9.17) is 32.9 Å². The van der Waals surface area contributed by atoms with Crippen LogP contribution in [-0.4, -0.2) is 22.8 Å². The van der Waals surface area contributed by atoms with E-state index < -0.39 is 0 Å². The zero-order valence-corrected chi connectivity index (χ0v) is 19.9. The molecule has 3 nitrogen and oxygen atoms in total. The van der Waals surface area contributed by atoms with Crippen molar-refractivity contribution >= 4 is 34.2 Å². The second kappa shape index (κ2) is 8.79. The molecular weight excluding hydrogens is 451 g/mol. The number of nitrogens with zero attached hydrogens (tertiary/aromatic N) is 2. The normalized spacial score (nSPS) is 17.2. The van der Waals surface area contributed by atoms with E-state index in [0.29, 0.717) is 12.0 Å². The topological polar surface area (TPSA) is 27.1 Å².